The van der Waals surface area contributed by atoms with Crippen molar-refractivity contribution in [1.29, 1.82) is 0 Å². The minimum absolute atomic E-state index is 0.140. The zero-order chi connectivity index (χ0) is 12.8. The molecule has 1 heterocycles. The molecule has 90 valence electrons. The number of hydrogen-bond donors (Lipinski definition) is 1. The van der Waals surface area contributed by atoms with Crippen LogP contribution in [-0.2, 0) is 9.59 Å². The maximum atomic E-state index is 11.9. The van der Waals surface area contributed by atoms with Crippen molar-refractivity contribution in [3.63, 3.8) is 0 Å². The first kappa shape index (κ1) is 12.8. The fourth-order valence-electron chi connectivity index (χ4n) is 1.25. The third-order valence-corrected chi connectivity index (χ3v) is 2.08. The molecule has 0 aliphatic carbocycles. The Balaban J connectivity index is 2.81. The fourth-order valence-corrected chi connectivity index (χ4v) is 1.25. The molecule has 0 aromatic carbocycles. The average molecular weight is 236 g/mol. The molecule has 0 spiro atoms. The van der Waals surface area contributed by atoms with Crippen molar-refractivity contribution in [3.05, 3.63) is 30.1 Å². The number of nitrogens with zero attached hydrogens (tertiary/aromatic N) is 2. The van der Waals surface area contributed by atoms with E-state index in [-0.39, 0.29) is 18.5 Å². The molecule has 0 aliphatic rings. The standard InChI is InChI=1S/C11H12N2O4/c1-8(14)13(6-4-10(15)16)11(17)9-3-2-5-12-7-9/h2-3,5,7H,4,6H2,1H3,(H,15,16). The zero-order valence-corrected chi connectivity index (χ0v) is 9.29. The number of carboxylic acid groups (broad SMARTS) is 1. The lowest BCUT2D eigenvalue weighted by Crippen LogP contribution is -2.36. The first-order valence-electron chi connectivity index (χ1n) is 4.96. The summed E-state index contributed by atoms with van der Waals surface area (Å²) in [5.41, 5.74) is 0.257. The van der Waals surface area contributed by atoms with E-state index in [1.807, 2.05) is 0 Å². The van der Waals surface area contributed by atoms with Gasteiger partial charge in [0.1, 0.15) is 0 Å². The Morgan fingerprint density at radius 2 is 2.12 bits per heavy atom. The smallest absolute Gasteiger partial charge is 0.305 e. The van der Waals surface area contributed by atoms with Gasteiger partial charge in [0, 0.05) is 25.9 Å². The van der Waals surface area contributed by atoms with E-state index in [0.29, 0.717) is 0 Å². The molecule has 1 aromatic rings. The minimum atomic E-state index is -1.06. The van der Waals surface area contributed by atoms with Gasteiger partial charge in [0.2, 0.25) is 5.91 Å². The van der Waals surface area contributed by atoms with Gasteiger partial charge < -0.3 is 5.11 Å². The summed E-state index contributed by atoms with van der Waals surface area (Å²) in [6.07, 6.45) is 2.57. The second-order valence-electron chi connectivity index (χ2n) is 3.36. The van der Waals surface area contributed by atoms with Crippen LogP contribution in [0.1, 0.15) is 23.7 Å². The van der Waals surface area contributed by atoms with E-state index in [1.165, 1.54) is 25.4 Å². The van der Waals surface area contributed by atoms with Gasteiger partial charge in [-0.15, -0.1) is 0 Å². The van der Waals surface area contributed by atoms with Gasteiger partial charge in [-0.2, -0.15) is 0 Å². The van der Waals surface area contributed by atoms with E-state index in [0.717, 1.165) is 4.90 Å². The maximum absolute atomic E-state index is 11.9. The van der Waals surface area contributed by atoms with Gasteiger partial charge in [0.05, 0.1) is 12.0 Å². The fraction of sp³-hybridized carbons (Fsp3) is 0.273. The van der Waals surface area contributed by atoms with Crippen LogP contribution in [0.5, 0.6) is 0 Å². The van der Waals surface area contributed by atoms with E-state index in [1.54, 1.807) is 6.07 Å². The Kier molecular flexibility index (Phi) is 4.33. The van der Waals surface area contributed by atoms with Gasteiger partial charge >= 0.3 is 5.97 Å². The van der Waals surface area contributed by atoms with Crippen molar-refractivity contribution < 1.29 is 19.5 Å². The number of carboxylic acids is 1. The predicted molar refractivity (Wildman–Crippen MR) is 58.2 cm³/mol. The number of imide groups is 1. The summed E-state index contributed by atoms with van der Waals surface area (Å²) in [5, 5.41) is 8.53. The summed E-state index contributed by atoms with van der Waals surface area (Å²) >= 11 is 0. The lowest BCUT2D eigenvalue weighted by atomic mass is 10.2. The monoisotopic (exact) mass is 236 g/mol. The number of amides is 2. The Morgan fingerprint density at radius 3 is 2.59 bits per heavy atom. The van der Waals surface area contributed by atoms with Gasteiger partial charge in [0.25, 0.3) is 5.91 Å². The second-order valence-corrected chi connectivity index (χ2v) is 3.36. The third-order valence-electron chi connectivity index (χ3n) is 2.08. The molecule has 6 heteroatoms. The molecular weight excluding hydrogens is 224 g/mol. The van der Waals surface area contributed by atoms with Gasteiger partial charge in [-0.1, -0.05) is 0 Å². The average Bonchev–Trinajstić information content (AvgIpc) is 2.29. The molecule has 0 bridgehead atoms. The molecule has 0 saturated carbocycles. The molecule has 0 saturated heterocycles. The molecule has 0 atom stereocenters. The normalized spacial score (nSPS) is 9.71. The lowest BCUT2D eigenvalue weighted by molar-refractivity contribution is -0.137. The number of aliphatic carboxylic acids is 1. The first-order valence-corrected chi connectivity index (χ1v) is 4.96. The van der Waals surface area contributed by atoms with Gasteiger partial charge in [-0.25, -0.2) is 0 Å². The molecule has 1 N–H and O–H groups in total. The van der Waals surface area contributed by atoms with Gasteiger partial charge in [-0.05, 0) is 12.1 Å². The number of hydrogen-bond acceptors (Lipinski definition) is 4. The maximum Gasteiger partial charge on any atom is 0.305 e. The van der Waals surface area contributed by atoms with Crippen molar-refractivity contribution >= 4 is 17.8 Å². The quantitative estimate of drug-likeness (QED) is 0.824. The highest BCUT2D eigenvalue weighted by atomic mass is 16.4. The second kappa shape index (κ2) is 5.74. The van der Waals surface area contributed by atoms with E-state index >= 15 is 0 Å². The Hall–Kier alpha value is -2.24. The molecule has 0 aliphatic heterocycles. The van der Waals surface area contributed by atoms with Crippen molar-refractivity contribution in [1.82, 2.24) is 9.88 Å². The topological polar surface area (TPSA) is 87.6 Å². The number of pyridine rings is 1. The number of aromatic nitrogens is 1. The van der Waals surface area contributed by atoms with Crippen LogP contribution in [-0.4, -0.2) is 39.3 Å². The molecule has 2 amide bonds. The van der Waals surface area contributed by atoms with Crippen LogP contribution in [0.2, 0.25) is 0 Å². The highest BCUT2D eigenvalue weighted by molar-refractivity contribution is 6.04. The van der Waals surface area contributed by atoms with Crippen LogP contribution in [0.15, 0.2) is 24.5 Å². The summed E-state index contributed by atoms with van der Waals surface area (Å²) in [6.45, 7) is 1.08. The highest BCUT2D eigenvalue weighted by Gasteiger charge is 2.20. The Labute approximate surface area is 97.9 Å². The Morgan fingerprint density at radius 1 is 1.41 bits per heavy atom. The van der Waals surface area contributed by atoms with Gasteiger partial charge in [0.15, 0.2) is 0 Å². The molecular formula is C11H12N2O4. The molecule has 1 rings (SSSR count). The van der Waals surface area contributed by atoms with Gasteiger partial charge in [-0.3, -0.25) is 24.3 Å². The molecule has 0 radical (unpaired) electrons. The van der Waals surface area contributed by atoms with Crippen LogP contribution in [0.25, 0.3) is 0 Å². The summed E-state index contributed by atoms with van der Waals surface area (Å²) < 4.78 is 0. The van der Waals surface area contributed by atoms with E-state index in [4.69, 9.17) is 5.11 Å². The Bertz CT molecular complexity index is 430. The summed E-state index contributed by atoms with van der Waals surface area (Å²) in [6, 6.07) is 3.09. The van der Waals surface area contributed by atoms with E-state index in [2.05, 4.69) is 4.98 Å². The summed E-state index contributed by atoms with van der Waals surface area (Å²) in [4.78, 5) is 38.2. The summed E-state index contributed by atoms with van der Waals surface area (Å²) in [7, 11) is 0. The van der Waals surface area contributed by atoms with Crippen molar-refractivity contribution in [2.24, 2.45) is 0 Å². The van der Waals surface area contributed by atoms with Crippen LogP contribution >= 0.6 is 0 Å². The van der Waals surface area contributed by atoms with Crippen LogP contribution < -0.4 is 0 Å². The number of carbonyl (C=O) groups excluding carboxylic acids is 2. The van der Waals surface area contributed by atoms with E-state index in [9.17, 15) is 14.4 Å². The van der Waals surface area contributed by atoms with Crippen LogP contribution in [0.3, 0.4) is 0 Å². The molecule has 0 fully saturated rings. The van der Waals surface area contributed by atoms with Crippen molar-refractivity contribution in [2.45, 2.75) is 13.3 Å². The number of rotatable bonds is 4. The minimum Gasteiger partial charge on any atom is -0.481 e. The molecule has 0 unspecified atom stereocenters. The third kappa shape index (κ3) is 3.67. The van der Waals surface area contributed by atoms with Crippen molar-refractivity contribution in [2.75, 3.05) is 6.54 Å². The molecule has 6 nitrogen and oxygen atoms in total. The molecule has 1 aromatic heterocycles. The zero-order valence-electron chi connectivity index (χ0n) is 9.29. The van der Waals surface area contributed by atoms with E-state index < -0.39 is 17.8 Å². The van der Waals surface area contributed by atoms with Crippen LogP contribution in [0.4, 0.5) is 0 Å². The highest BCUT2D eigenvalue weighted by Crippen LogP contribution is 2.04. The summed E-state index contributed by atoms with van der Waals surface area (Å²) in [5.74, 6) is -2.08. The lowest BCUT2D eigenvalue weighted by Gasteiger charge is -2.17. The van der Waals surface area contributed by atoms with Crippen LogP contribution in [0, 0.1) is 0 Å². The molecule has 17 heavy (non-hydrogen) atoms. The first-order chi connectivity index (χ1) is 8.02. The largest absolute Gasteiger partial charge is 0.481 e. The number of carbonyl (C=O) groups is 3. The SMILES string of the molecule is CC(=O)N(CCC(=O)O)C(=O)c1cccnc1. The van der Waals surface area contributed by atoms with Crippen molar-refractivity contribution in [3.8, 4) is 0 Å². The predicted octanol–water partition coefficient (Wildman–Crippen LogP) is 0.545.